The van der Waals surface area contributed by atoms with Gasteiger partial charge in [0.1, 0.15) is 5.75 Å². The molecule has 0 saturated carbocycles. The summed E-state index contributed by atoms with van der Waals surface area (Å²) in [6, 6.07) is 16.5. The summed E-state index contributed by atoms with van der Waals surface area (Å²) in [5.41, 5.74) is 1.48. The maximum atomic E-state index is 12.0. The largest absolute Gasteiger partial charge is 0.507 e. The van der Waals surface area contributed by atoms with E-state index >= 15 is 0 Å². The summed E-state index contributed by atoms with van der Waals surface area (Å²) in [4.78, 5) is 12.0. The van der Waals surface area contributed by atoms with Gasteiger partial charge in [0, 0.05) is 6.04 Å². The molecule has 1 amide bonds. The lowest BCUT2D eigenvalue weighted by Crippen LogP contribution is -2.34. The lowest BCUT2D eigenvalue weighted by Gasteiger charge is -2.14. The zero-order valence-electron chi connectivity index (χ0n) is 10.8. The number of nitrogens with one attached hydrogen (secondary N) is 1. The number of hydrogen-bond acceptors (Lipinski definition) is 2. The molecule has 0 aromatic heterocycles. The number of para-hydroxylation sites is 1. The predicted octanol–water partition coefficient (Wildman–Crippen LogP) is 2.75. The molecule has 98 valence electrons. The van der Waals surface area contributed by atoms with Crippen molar-refractivity contribution in [1.29, 1.82) is 0 Å². The second-order valence-electron chi connectivity index (χ2n) is 4.58. The Labute approximate surface area is 112 Å². The van der Waals surface area contributed by atoms with Gasteiger partial charge in [-0.15, -0.1) is 0 Å². The smallest absolute Gasteiger partial charge is 0.255 e. The SMILES string of the molecule is CC(Cc1ccccc1)NC(=O)c1ccccc1O. The normalized spacial score (nSPS) is 11.8. The molecule has 1 atom stereocenters. The molecule has 2 N–H and O–H groups in total. The van der Waals surface area contributed by atoms with E-state index in [1.54, 1.807) is 18.2 Å². The van der Waals surface area contributed by atoms with Gasteiger partial charge in [-0.05, 0) is 31.0 Å². The third-order valence-electron chi connectivity index (χ3n) is 2.91. The summed E-state index contributed by atoms with van der Waals surface area (Å²) in [5, 5.41) is 12.5. The number of phenols is 1. The Morgan fingerprint density at radius 2 is 1.74 bits per heavy atom. The van der Waals surface area contributed by atoms with Gasteiger partial charge in [0.05, 0.1) is 5.56 Å². The minimum absolute atomic E-state index is 0.00640. The number of amides is 1. The Hall–Kier alpha value is -2.29. The van der Waals surface area contributed by atoms with Crippen molar-refractivity contribution >= 4 is 5.91 Å². The van der Waals surface area contributed by atoms with Crippen LogP contribution < -0.4 is 5.32 Å². The van der Waals surface area contributed by atoms with E-state index in [2.05, 4.69) is 5.32 Å². The van der Waals surface area contributed by atoms with Gasteiger partial charge in [0.2, 0.25) is 0 Å². The lowest BCUT2D eigenvalue weighted by atomic mass is 10.1. The number of hydrogen-bond donors (Lipinski definition) is 2. The van der Waals surface area contributed by atoms with Crippen LogP contribution in [0.25, 0.3) is 0 Å². The van der Waals surface area contributed by atoms with Crippen LogP contribution in [0.3, 0.4) is 0 Å². The number of carbonyl (C=O) groups is 1. The van der Waals surface area contributed by atoms with Crippen molar-refractivity contribution in [2.75, 3.05) is 0 Å². The Balaban J connectivity index is 1.98. The fourth-order valence-electron chi connectivity index (χ4n) is 1.99. The van der Waals surface area contributed by atoms with Crippen LogP contribution in [0.4, 0.5) is 0 Å². The maximum absolute atomic E-state index is 12.0. The summed E-state index contributed by atoms with van der Waals surface area (Å²) in [6.07, 6.45) is 0.764. The molecule has 0 fully saturated rings. The lowest BCUT2D eigenvalue weighted by molar-refractivity contribution is 0.0937. The number of rotatable bonds is 4. The summed E-state index contributed by atoms with van der Waals surface area (Å²) < 4.78 is 0. The Kier molecular flexibility index (Phi) is 4.18. The molecule has 3 nitrogen and oxygen atoms in total. The van der Waals surface area contributed by atoms with Gasteiger partial charge in [-0.1, -0.05) is 42.5 Å². The molecule has 0 spiro atoms. The van der Waals surface area contributed by atoms with E-state index in [9.17, 15) is 9.90 Å². The fraction of sp³-hybridized carbons (Fsp3) is 0.188. The van der Waals surface area contributed by atoms with E-state index in [1.807, 2.05) is 37.3 Å². The van der Waals surface area contributed by atoms with E-state index in [1.165, 1.54) is 11.6 Å². The zero-order valence-corrected chi connectivity index (χ0v) is 10.8. The van der Waals surface area contributed by atoms with Crippen molar-refractivity contribution in [3.63, 3.8) is 0 Å². The van der Waals surface area contributed by atoms with E-state index < -0.39 is 0 Å². The summed E-state index contributed by atoms with van der Waals surface area (Å²) in [5.74, 6) is -0.242. The molecule has 0 saturated heterocycles. The first-order valence-electron chi connectivity index (χ1n) is 6.29. The van der Waals surface area contributed by atoms with Crippen LogP contribution in [0, 0.1) is 0 Å². The average molecular weight is 255 g/mol. The molecule has 0 aliphatic rings. The topological polar surface area (TPSA) is 49.3 Å². The predicted molar refractivity (Wildman–Crippen MR) is 75.2 cm³/mol. The highest BCUT2D eigenvalue weighted by atomic mass is 16.3. The third kappa shape index (κ3) is 3.58. The molecule has 1 unspecified atom stereocenters. The first kappa shape index (κ1) is 13.1. The van der Waals surface area contributed by atoms with Crippen LogP contribution in [0.15, 0.2) is 54.6 Å². The minimum atomic E-state index is -0.249. The highest BCUT2D eigenvalue weighted by molar-refractivity contribution is 5.96. The van der Waals surface area contributed by atoms with Crippen molar-refractivity contribution in [2.45, 2.75) is 19.4 Å². The van der Waals surface area contributed by atoms with Gasteiger partial charge in [-0.3, -0.25) is 4.79 Å². The fourth-order valence-corrected chi connectivity index (χ4v) is 1.99. The molecule has 0 aliphatic heterocycles. The molecule has 0 heterocycles. The third-order valence-corrected chi connectivity index (χ3v) is 2.91. The van der Waals surface area contributed by atoms with Crippen molar-refractivity contribution in [2.24, 2.45) is 0 Å². The minimum Gasteiger partial charge on any atom is -0.507 e. The van der Waals surface area contributed by atoms with Crippen LogP contribution in [0.1, 0.15) is 22.8 Å². The van der Waals surface area contributed by atoms with Gasteiger partial charge in [0.15, 0.2) is 0 Å². The van der Waals surface area contributed by atoms with Gasteiger partial charge < -0.3 is 10.4 Å². The molecule has 19 heavy (non-hydrogen) atoms. The summed E-state index contributed by atoms with van der Waals surface area (Å²) in [7, 11) is 0. The number of phenolic OH excluding ortho intramolecular Hbond substituents is 1. The van der Waals surface area contributed by atoms with Crippen LogP contribution in [0.2, 0.25) is 0 Å². The van der Waals surface area contributed by atoms with E-state index in [-0.39, 0.29) is 17.7 Å². The Morgan fingerprint density at radius 1 is 1.11 bits per heavy atom. The van der Waals surface area contributed by atoms with Gasteiger partial charge >= 0.3 is 0 Å². The van der Waals surface area contributed by atoms with Crippen LogP contribution >= 0.6 is 0 Å². The molecular formula is C16H17NO2. The van der Waals surface area contributed by atoms with Gasteiger partial charge in [-0.2, -0.15) is 0 Å². The molecular weight excluding hydrogens is 238 g/mol. The quantitative estimate of drug-likeness (QED) is 0.882. The highest BCUT2D eigenvalue weighted by Crippen LogP contribution is 2.15. The van der Waals surface area contributed by atoms with E-state index in [0.29, 0.717) is 5.56 Å². The van der Waals surface area contributed by atoms with Crippen molar-refractivity contribution in [3.05, 3.63) is 65.7 Å². The second kappa shape index (κ2) is 6.05. The first-order valence-corrected chi connectivity index (χ1v) is 6.29. The van der Waals surface area contributed by atoms with Crippen molar-refractivity contribution < 1.29 is 9.90 Å². The molecule has 2 aromatic carbocycles. The molecule has 2 aromatic rings. The highest BCUT2D eigenvalue weighted by Gasteiger charge is 2.13. The zero-order chi connectivity index (χ0) is 13.7. The maximum Gasteiger partial charge on any atom is 0.255 e. The van der Waals surface area contributed by atoms with Crippen LogP contribution in [-0.2, 0) is 6.42 Å². The van der Waals surface area contributed by atoms with E-state index in [0.717, 1.165) is 6.42 Å². The van der Waals surface area contributed by atoms with Crippen LogP contribution in [-0.4, -0.2) is 17.1 Å². The van der Waals surface area contributed by atoms with Crippen molar-refractivity contribution in [1.82, 2.24) is 5.32 Å². The number of carbonyl (C=O) groups excluding carboxylic acids is 1. The monoisotopic (exact) mass is 255 g/mol. The summed E-state index contributed by atoms with van der Waals surface area (Å²) in [6.45, 7) is 1.95. The first-order chi connectivity index (χ1) is 9.16. The number of aromatic hydroxyl groups is 1. The van der Waals surface area contributed by atoms with Gasteiger partial charge in [-0.25, -0.2) is 0 Å². The average Bonchev–Trinajstić information content (AvgIpc) is 2.40. The second-order valence-corrected chi connectivity index (χ2v) is 4.58. The van der Waals surface area contributed by atoms with Crippen LogP contribution in [0.5, 0.6) is 5.75 Å². The molecule has 0 bridgehead atoms. The van der Waals surface area contributed by atoms with E-state index in [4.69, 9.17) is 0 Å². The standard InChI is InChI=1S/C16H17NO2/c1-12(11-13-7-3-2-4-8-13)17-16(19)14-9-5-6-10-15(14)18/h2-10,12,18H,11H2,1H3,(H,17,19). The Morgan fingerprint density at radius 3 is 2.42 bits per heavy atom. The molecule has 0 aliphatic carbocycles. The molecule has 0 radical (unpaired) electrons. The molecule has 2 rings (SSSR count). The van der Waals surface area contributed by atoms with Gasteiger partial charge in [0.25, 0.3) is 5.91 Å². The number of benzene rings is 2. The Bertz CT molecular complexity index is 552. The molecule has 3 heteroatoms. The summed E-state index contributed by atoms with van der Waals surface area (Å²) >= 11 is 0. The van der Waals surface area contributed by atoms with Crippen molar-refractivity contribution in [3.8, 4) is 5.75 Å².